The van der Waals surface area contributed by atoms with Crippen LogP contribution in [0.5, 0.6) is 0 Å². The Hall–Kier alpha value is -3.63. The van der Waals surface area contributed by atoms with Crippen molar-refractivity contribution in [2.45, 2.75) is 53.1 Å². The lowest BCUT2D eigenvalue weighted by molar-refractivity contribution is -0.141. The van der Waals surface area contributed by atoms with Crippen molar-refractivity contribution in [2.24, 2.45) is 17.7 Å². The van der Waals surface area contributed by atoms with E-state index >= 15 is 0 Å². The first kappa shape index (κ1) is 33.4. The van der Waals surface area contributed by atoms with E-state index in [1.807, 2.05) is 5.48 Å². The van der Waals surface area contributed by atoms with Crippen LogP contribution in [0.4, 0.5) is 4.79 Å². The number of likely N-dealkylation sites (tertiary alicyclic amines) is 2. The Morgan fingerprint density at radius 1 is 0.846 bits per heavy atom. The van der Waals surface area contributed by atoms with E-state index in [1.54, 1.807) is 34.6 Å². The monoisotopic (exact) mass is 558 g/mol. The molecule has 2 fully saturated rings. The minimum atomic E-state index is -0.799. The van der Waals surface area contributed by atoms with Crippen molar-refractivity contribution in [3.05, 3.63) is 0 Å². The average molecular weight is 559 g/mol. The van der Waals surface area contributed by atoms with Gasteiger partial charge in [-0.15, -0.1) is 0 Å². The Balaban J connectivity index is 0.000000416. The Morgan fingerprint density at radius 2 is 1.28 bits per heavy atom. The van der Waals surface area contributed by atoms with Crippen molar-refractivity contribution in [1.29, 1.82) is 0 Å². The molecule has 0 bridgehead atoms. The summed E-state index contributed by atoms with van der Waals surface area (Å²) < 4.78 is 4.91. The molecule has 2 rings (SSSR count). The highest BCUT2D eigenvalue weighted by Gasteiger charge is 2.35. The van der Waals surface area contributed by atoms with Crippen LogP contribution in [-0.4, -0.2) is 96.3 Å². The number of nitrogens with one attached hydrogen (secondary N) is 3. The maximum Gasteiger partial charge on any atom is 0.431 e. The quantitative estimate of drug-likeness (QED) is 0.166. The van der Waals surface area contributed by atoms with E-state index in [0.717, 1.165) is 9.80 Å². The van der Waals surface area contributed by atoms with Crippen molar-refractivity contribution >= 4 is 41.5 Å². The summed E-state index contributed by atoms with van der Waals surface area (Å²) in [5.74, 6) is 2.43. The molecule has 0 aromatic heterocycles. The van der Waals surface area contributed by atoms with Gasteiger partial charge in [0.15, 0.2) is 6.61 Å². The average Bonchev–Trinajstić information content (AvgIpc) is 3.20. The third-order valence-electron chi connectivity index (χ3n) is 5.23. The minimum Gasteiger partial charge on any atom is -0.442 e. The summed E-state index contributed by atoms with van der Waals surface area (Å²) in [4.78, 5) is 90.8. The van der Waals surface area contributed by atoms with Gasteiger partial charge < -0.3 is 15.4 Å². The summed E-state index contributed by atoms with van der Waals surface area (Å²) in [5.41, 5.74) is 1.32. The van der Waals surface area contributed by atoms with Crippen LogP contribution >= 0.6 is 0 Å². The van der Waals surface area contributed by atoms with Gasteiger partial charge in [0.25, 0.3) is 0 Å². The zero-order valence-electron chi connectivity index (χ0n) is 22.9. The molecule has 0 aromatic rings. The van der Waals surface area contributed by atoms with E-state index < -0.39 is 24.2 Å². The zero-order valence-corrected chi connectivity index (χ0v) is 22.9. The van der Waals surface area contributed by atoms with Gasteiger partial charge in [-0.3, -0.25) is 48.2 Å². The van der Waals surface area contributed by atoms with Gasteiger partial charge in [-0.25, -0.2) is 10.7 Å². The fourth-order valence-electron chi connectivity index (χ4n) is 3.42. The minimum absolute atomic E-state index is 0.118. The highest BCUT2D eigenvalue weighted by atomic mass is 16.7. The van der Waals surface area contributed by atoms with Gasteiger partial charge in [-0.2, -0.15) is 5.48 Å². The topological polar surface area (TPSA) is 216 Å². The summed E-state index contributed by atoms with van der Waals surface area (Å²) in [6.45, 7) is 8.49. The number of nitrogens with two attached hydrogens (primary N) is 1. The van der Waals surface area contributed by atoms with E-state index in [9.17, 15) is 33.6 Å². The molecule has 2 aliphatic rings. The summed E-state index contributed by atoms with van der Waals surface area (Å²) in [5, 5.41) is 4.96. The number of hydroxylamine groups is 1. The van der Waals surface area contributed by atoms with Crippen molar-refractivity contribution in [3.63, 3.8) is 0 Å². The molecule has 7 amide bonds. The Morgan fingerprint density at radius 3 is 1.64 bits per heavy atom. The second-order valence-electron chi connectivity index (χ2n) is 9.88. The second kappa shape index (κ2) is 15.7. The fraction of sp³-hybridized carbons (Fsp3) is 0.696. The molecule has 2 atom stereocenters. The molecular weight excluding hydrogens is 520 g/mol. The number of carbonyl (C=O) groups excluding carboxylic acids is 7. The molecule has 2 heterocycles. The number of rotatable bonds is 11. The molecule has 2 unspecified atom stereocenters. The lowest BCUT2D eigenvalue weighted by atomic mass is 10.1. The number of carbonyl (C=O) groups is 7. The molecule has 0 radical (unpaired) electrons. The SMILES string of the molecule is CC1CC(=O)N(CCNC(=O)CON)C1=O.CC1CC(=O)N(CCNC(=O)CONC(=O)OC(C)(C)C)C1=O. The molecule has 220 valence electrons. The van der Waals surface area contributed by atoms with Crippen molar-refractivity contribution in [1.82, 2.24) is 25.9 Å². The third kappa shape index (κ3) is 12.2. The van der Waals surface area contributed by atoms with Crippen LogP contribution in [0, 0.1) is 11.8 Å². The molecule has 5 N–H and O–H groups in total. The maximum atomic E-state index is 11.7. The zero-order chi connectivity index (χ0) is 29.8. The summed E-state index contributed by atoms with van der Waals surface area (Å²) >= 11 is 0. The first-order chi connectivity index (χ1) is 18.2. The van der Waals surface area contributed by atoms with E-state index in [2.05, 4.69) is 15.5 Å². The van der Waals surface area contributed by atoms with Gasteiger partial charge in [-0.05, 0) is 20.8 Å². The Kier molecular flexibility index (Phi) is 13.4. The van der Waals surface area contributed by atoms with Gasteiger partial charge in [0.05, 0.1) is 0 Å². The summed E-state index contributed by atoms with van der Waals surface area (Å²) in [7, 11) is 0. The molecule has 0 spiro atoms. The predicted octanol–water partition coefficient (Wildman–Crippen LogP) is -1.66. The van der Waals surface area contributed by atoms with E-state index in [0.29, 0.717) is 0 Å². The predicted molar refractivity (Wildman–Crippen MR) is 132 cm³/mol. The number of hydrogen-bond donors (Lipinski definition) is 4. The number of hydrogen-bond acceptors (Lipinski definition) is 11. The maximum absolute atomic E-state index is 11.7. The Labute approximate surface area is 226 Å². The number of nitrogens with zero attached hydrogens (tertiary/aromatic N) is 2. The molecule has 0 aliphatic carbocycles. The molecule has 0 saturated carbocycles. The normalized spacial score (nSPS) is 19.0. The van der Waals surface area contributed by atoms with Crippen molar-refractivity contribution < 1.29 is 48.0 Å². The molecule has 2 saturated heterocycles. The van der Waals surface area contributed by atoms with Crippen LogP contribution in [0.2, 0.25) is 0 Å². The molecule has 16 heteroatoms. The van der Waals surface area contributed by atoms with Crippen molar-refractivity contribution in [2.75, 3.05) is 39.4 Å². The van der Waals surface area contributed by atoms with Crippen LogP contribution in [0.25, 0.3) is 0 Å². The highest BCUT2D eigenvalue weighted by molar-refractivity contribution is 6.03. The molecule has 0 aromatic carbocycles. The lowest BCUT2D eigenvalue weighted by Gasteiger charge is -2.19. The standard InChI is InChI=1S/C14H23N3O6.C9H15N3O4/c1-9-7-11(19)17(12(9)20)6-5-15-10(18)8-22-16-13(21)23-14(2,3)4;1-6-4-8(14)12(9(6)15)3-2-11-7(13)5-16-10/h9H,5-8H2,1-4H3,(H,15,18)(H,16,21);6H,2-5,10H2,1H3,(H,11,13). The van der Waals surface area contributed by atoms with Crippen molar-refractivity contribution in [3.8, 4) is 0 Å². The smallest absolute Gasteiger partial charge is 0.431 e. The van der Waals surface area contributed by atoms with E-state index in [4.69, 9.17) is 15.5 Å². The number of ether oxygens (including phenoxy) is 1. The number of imide groups is 2. The summed E-state index contributed by atoms with van der Waals surface area (Å²) in [6.07, 6.45) is -0.346. The molecule has 16 nitrogen and oxygen atoms in total. The van der Waals surface area contributed by atoms with E-state index in [1.165, 1.54) is 0 Å². The fourth-order valence-corrected chi connectivity index (χ4v) is 3.42. The van der Waals surface area contributed by atoms with Crippen LogP contribution in [-0.2, 0) is 43.2 Å². The first-order valence-corrected chi connectivity index (χ1v) is 12.3. The van der Waals surface area contributed by atoms with Gasteiger partial charge in [0, 0.05) is 50.9 Å². The molecular formula is C23H38N6O10. The van der Waals surface area contributed by atoms with Crippen LogP contribution in [0.3, 0.4) is 0 Å². The Bertz CT molecular complexity index is 935. The van der Waals surface area contributed by atoms with Crippen LogP contribution < -0.4 is 22.0 Å². The van der Waals surface area contributed by atoms with Crippen LogP contribution in [0.15, 0.2) is 0 Å². The summed E-state index contributed by atoms with van der Waals surface area (Å²) in [6, 6.07) is 0. The first-order valence-electron chi connectivity index (χ1n) is 12.3. The van der Waals surface area contributed by atoms with E-state index in [-0.39, 0.29) is 87.0 Å². The van der Waals surface area contributed by atoms with Crippen LogP contribution in [0.1, 0.15) is 47.5 Å². The molecule has 2 aliphatic heterocycles. The lowest BCUT2D eigenvalue weighted by Crippen LogP contribution is -2.40. The number of amides is 7. The van der Waals surface area contributed by atoms with Gasteiger partial charge in [0.1, 0.15) is 12.2 Å². The molecule has 39 heavy (non-hydrogen) atoms. The van der Waals surface area contributed by atoms with Gasteiger partial charge in [-0.1, -0.05) is 13.8 Å². The van der Waals surface area contributed by atoms with Gasteiger partial charge >= 0.3 is 6.09 Å². The largest absolute Gasteiger partial charge is 0.442 e. The second-order valence-corrected chi connectivity index (χ2v) is 9.88. The third-order valence-corrected chi connectivity index (χ3v) is 5.23. The highest BCUT2D eigenvalue weighted by Crippen LogP contribution is 2.18. The van der Waals surface area contributed by atoms with Gasteiger partial charge in [0.2, 0.25) is 35.4 Å².